The first-order valence-electron chi connectivity index (χ1n) is 9.88. The first-order valence-corrected chi connectivity index (χ1v) is 9.88. The maximum absolute atomic E-state index is 13.3. The number of urea groups is 2. The molecule has 0 radical (unpaired) electrons. The largest absolute Gasteiger partial charge is 0.332 e. The van der Waals surface area contributed by atoms with Gasteiger partial charge in [0.15, 0.2) is 0 Å². The number of likely N-dealkylation sites (N-methyl/N-ethyl adjacent to an activating group) is 1. The van der Waals surface area contributed by atoms with E-state index in [9.17, 15) is 9.59 Å². The highest BCUT2D eigenvalue weighted by Crippen LogP contribution is 2.56. The van der Waals surface area contributed by atoms with Crippen LogP contribution in [0.3, 0.4) is 0 Å². The van der Waals surface area contributed by atoms with Crippen molar-refractivity contribution < 1.29 is 19.1 Å². The van der Waals surface area contributed by atoms with Gasteiger partial charge in [-0.15, -0.1) is 0 Å². The minimum Gasteiger partial charge on any atom is -0.332 e. The number of piperazine rings is 1. The minimum atomic E-state index is -1.23. The summed E-state index contributed by atoms with van der Waals surface area (Å²) in [5.74, 6) is -2.46. The number of amides is 4. The molecule has 0 N–H and O–H groups in total. The number of carbonyl (C=O) groups excluding carboxylic acids is 2. The Morgan fingerprint density at radius 1 is 1.00 bits per heavy atom. The van der Waals surface area contributed by atoms with E-state index in [-0.39, 0.29) is 18.1 Å². The molecule has 3 rings (SSSR count). The molecule has 3 atom stereocenters. The molecular formula is C18H32N4O4. The van der Waals surface area contributed by atoms with Crippen LogP contribution in [0.2, 0.25) is 0 Å². The van der Waals surface area contributed by atoms with E-state index in [4.69, 9.17) is 9.47 Å². The van der Waals surface area contributed by atoms with Gasteiger partial charge in [-0.25, -0.2) is 9.59 Å². The summed E-state index contributed by atoms with van der Waals surface area (Å²) in [5.41, 5.74) is 0. The predicted octanol–water partition coefficient (Wildman–Crippen LogP) is 2.45. The maximum atomic E-state index is 13.3. The molecule has 3 aliphatic heterocycles. The molecule has 26 heavy (non-hydrogen) atoms. The summed E-state index contributed by atoms with van der Waals surface area (Å²) in [5, 5.41) is 0. The van der Waals surface area contributed by atoms with Gasteiger partial charge in [0.2, 0.25) is 0 Å². The Morgan fingerprint density at radius 3 is 2.19 bits per heavy atom. The lowest BCUT2D eigenvalue weighted by Crippen LogP contribution is -2.75. The van der Waals surface area contributed by atoms with E-state index in [2.05, 4.69) is 6.92 Å². The summed E-state index contributed by atoms with van der Waals surface area (Å²) in [6, 6.07) is -0.404. The van der Waals surface area contributed by atoms with Gasteiger partial charge in [0.1, 0.15) is 0 Å². The van der Waals surface area contributed by atoms with Crippen molar-refractivity contribution in [3.05, 3.63) is 0 Å². The summed E-state index contributed by atoms with van der Waals surface area (Å²) in [6.45, 7) is 9.98. The zero-order chi connectivity index (χ0) is 19.1. The lowest BCUT2D eigenvalue weighted by atomic mass is 10.1. The van der Waals surface area contributed by atoms with E-state index in [0.29, 0.717) is 26.3 Å². The van der Waals surface area contributed by atoms with Crippen LogP contribution in [-0.2, 0) is 9.47 Å². The van der Waals surface area contributed by atoms with E-state index in [1.807, 2.05) is 20.8 Å². The van der Waals surface area contributed by atoms with Crippen LogP contribution in [0.4, 0.5) is 9.59 Å². The summed E-state index contributed by atoms with van der Waals surface area (Å²) >= 11 is 0. The number of hydrogen-bond donors (Lipinski definition) is 0. The summed E-state index contributed by atoms with van der Waals surface area (Å²) in [4.78, 5) is 33.3. The fourth-order valence-corrected chi connectivity index (χ4v) is 4.46. The van der Waals surface area contributed by atoms with Crippen LogP contribution in [0.1, 0.15) is 53.4 Å². The van der Waals surface area contributed by atoms with Crippen LogP contribution >= 0.6 is 0 Å². The van der Waals surface area contributed by atoms with Crippen molar-refractivity contribution >= 4 is 12.1 Å². The molecule has 3 fully saturated rings. The lowest BCUT2D eigenvalue weighted by Gasteiger charge is -2.51. The number of hydrogen-bond acceptors (Lipinski definition) is 4. The molecule has 4 amide bonds. The van der Waals surface area contributed by atoms with E-state index in [0.717, 1.165) is 25.7 Å². The monoisotopic (exact) mass is 368 g/mol. The van der Waals surface area contributed by atoms with Gasteiger partial charge in [-0.05, 0) is 26.2 Å². The molecule has 0 aliphatic carbocycles. The highest BCUT2D eigenvalue weighted by molar-refractivity contribution is 5.88. The van der Waals surface area contributed by atoms with Gasteiger partial charge in [0, 0.05) is 20.1 Å². The van der Waals surface area contributed by atoms with Gasteiger partial charge in [0.25, 0.3) is 0 Å². The zero-order valence-corrected chi connectivity index (χ0v) is 16.7. The predicted molar refractivity (Wildman–Crippen MR) is 96.1 cm³/mol. The molecule has 0 aromatic carbocycles. The Morgan fingerprint density at radius 2 is 1.62 bits per heavy atom. The molecule has 3 aliphatic rings. The van der Waals surface area contributed by atoms with Crippen molar-refractivity contribution in [1.29, 1.82) is 0 Å². The molecule has 1 unspecified atom stereocenters. The fourth-order valence-electron chi connectivity index (χ4n) is 4.46. The topological polar surface area (TPSA) is 65.6 Å². The van der Waals surface area contributed by atoms with Crippen molar-refractivity contribution in [2.45, 2.75) is 71.1 Å². The SMILES string of the molecule is CCCCN1C(=O)N2CC(C)N3C(=O)N(C)[C@@]2(OCCC)[C@]13OCCC. The number of carbonyl (C=O) groups is 2. The normalized spacial score (nSPS) is 33.0. The van der Waals surface area contributed by atoms with Gasteiger partial charge in [0.05, 0.1) is 19.3 Å². The second-order valence-electron chi connectivity index (χ2n) is 7.37. The highest BCUT2D eigenvalue weighted by Gasteiger charge is 2.84. The molecule has 8 heteroatoms. The Hall–Kier alpha value is -1.54. The Labute approximate surface area is 156 Å². The van der Waals surface area contributed by atoms with Crippen LogP contribution < -0.4 is 0 Å². The third-order valence-electron chi connectivity index (χ3n) is 5.53. The molecule has 0 aromatic rings. The minimum absolute atomic E-state index is 0.112. The van der Waals surface area contributed by atoms with Crippen molar-refractivity contribution in [1.82, 2.24) is 19.6 Å². The van der Waals surface area contributed by atoms with Gasteiger partial charge in [-0.1, -0.05) is 27.2 Å². The van der Waals surface area contributed by atoms with E-state index in [1.165, 1.54) is 0 Å². The first-order chi connectivity index (χ1) is 12.4. The Kier molecular flexibility index (Phi) is 5.09. The van der Waals surface area contributed by atoms with Crippen LogP contribution in [-0.4, -0.2) is 82.8 Å². The molecule has 0 aromatic heterocycles. The molecule has 3 saturated heterocycles. The van der Waals surface area contributed by atoms with Gasteiger partial charge >= 0.3 is 23.8 Å². The highest BCUT2D eigenvalue weighted by atomic mass is 16.6. The third kappa shape index (κ3) is 2.14. The lowest BCUT2D eigenvalue weighted by molar-refractivity contribution is -0.350. The van der Waals surface area contributed by atoms with Crippen molar-refractivity contribution in [2.24, 2.45) is 0 Å². The van der Waals surface area contributed by atoms with Gasteiger partial charge in [-0.2, -0.15) is 0 Å². The molecule has 4 bridgehead atoms. The van der Waals surface area contributed by atoms with Crippen molar-refractivity contribution in [2.75, 3.05) is 33.4 Å². The molecule has 8 nitrogen and oxygen atoms in total. The standard InChI is InChI=1S/C18H32N4O4/c1-6-9-10-20-16(24)21-13-14(4)22-15(23)19(5)17(21,25-11-7-2)18(20,22)26-12-8-3/h14H,6-13H2,1-5H3/t14?,17-,18-/m0/s1. The number of unbranched alkanes of at least 4 members (excludes halogenated alkanes) is 1. The summed E-state index contributed by atoms with van der Waals surface area (Å²) in [6.07, 6.45) is 3.39. The second kappa shape index (κ2) is 6.88. The number of rotatable bonds is 9. The fraction of sp³-hybridized carbons (Fsp3) is 0.889. The number of ether oxygens (including phenoxy) is 2. The summed E-state index contributed by atoms with van der Waals surface area (Å²) < 4.78 is 12.7. The average Bonchev–Trinajstić information content (AvgIpc) is 2.84. The maximum Gasteiger partial charge on any atom is 0.327 e. The van der Waals surface area contributed by atoms with Crippen LogP contribution in [0.25, 0.3) is 0 Å². The van der Waals surface area contributed by atoms with Crippen LogP contribution in [0, 0.1) is 0 Å². The molecule has 0 spiro atoms. The van der Waals surface area contributed by atoms with Crippen LogP contribution in [0.5, 0.6) is 0 Å². The second-order valence-corrected chi connectivity index (χ2v) is 7.37. The quantitative estimate of drug-likeness (QED) is 0.627. The van der Waals surface area contributed by atoms with Crippen LogP contribution in [0.15, 0.2) is 0 Å². The van der Waals surface area contributed by atoms with E-state index < -0.39 is 11.7 Å². The molecule has 3 heterocycles. The van der Waals surface area contributed by atoms with Gasteiger partial charge < -0.3 is 9.47 Å². The van der Waals surface area contributed by atoms with E-state index in [1.54, 1.807) is 26.6 Å². The smallest absolute Gasteiger partial charge is 0.327 e. The van der Waals surface area contributed by atoms with E-state index >= 15 is 0 Å². The zero-order valence-electron chi connectivity index (χ0n) is 16.7. The molecule has 0 saturated carbocycles. The van der Waals surface area contributed by atoms with Crippen molar-refractivity contribution in [3.8, 4) is 0 Å². The molecular weight excluding hydrogens is 336 g/mol. The van der Waals surface area contributed by atoms with Gasteiger partial charge in [-0.3, -0.25) is 19.6 Å². The number of nitrogens with zero attached hydrogens (tertiary/aromatic N) is 4. The average molecular weight is 368 g/mol. The third-order valence-corrected chi connectivity index (χ3v) is 5.53. The first kappa shape index (κ1) is 19.2. The van der Waals surface area contributed by atoms with Crippen molar-refractivity contribution in [3.63, 3.8) is 0 Å². The summed E-state index contributed by atoms with van der Waals surface area (Å²) in [7, 11) is 1.71. The Balaban J connectivity index is 2.18. The Bertz CT molecular complexity index is 573. The molecule has 148 valence electrons.